The summed E-state index contributed by atoms with van der Waals surface area (Å²) >= 11 is 0. The van der Waals surface area contributed by atoms with Gasteiger partial charge in [-0.2, -0.15) is 4.31 Å². The van der Waals surface area contributed by atoms with E-state index in [1.807, 2.05) is 4.90 Å². The number of carbonyl (C=O) groups is 1. The number of nitrogens with zero attached hydrogens (tertiary/aromatic N) is 2. The molecule has 128 valence electrons. The van der Waals surface area contributed by atoms with E-state index in [2.05, 4.69) is 12.2 Å². The van der Waals surface area contributed by atoms with Crippen LogP contribution in [0.15, 0.2) is 0 Å². The van der Waals surface area contributed by atoms with Crippen molar-refractivity contribution in [1.82, 2.24) is 14.5 Å². The zero-order valence-corrected chi connectivity index (χ0v) is 14.6. The Balaban J connectivity index is 1.70. The lowest BCUT2D eigenvalue weighted by atomic mass is 9.87. The molecule has 1 aliphatic carbocycles. The number of amides is 1. The maximum atomic E-state index is 12.1. The molecule has 0 radical (unpaired) electrons. The minimum atomic E-state index is -3.09. The van der Waals surface area contributed by atoms with Crippen molar-refractivity contribution in [2.45, 2.75) is 45.6 Å². The van der Waals surface area contributed by atoms with Gasteiger partial charge in [0.05, 0.1) is 12.3 Å². The molecule has 0 aromatic rings. The minimum Gasteiger partial charge on any atom is -0.352 e. The molecule has 6 nitrogen and oxygen atoms in total. The second-order valence-electron chi connectivity index (χ2n) is 6.60. The van der Waals surface area contributed by atoms with E-state index < -0.39 is 10.0 Å². The summed E-state index contributed by atoms with van der Waals surface area (Å²) in [4.78, 5) is 14.2. The van der Waals surface area contributed by atoms with Crippen LogP contribution in [-0.2, 0) is 14.8 Å². The van der Waals surface area contributed by atoms with Gasteiger partial charge in [-0.25, -0.2) is 8.42 Å². The van der Waals surface area contributed by atoms with Crippen molar-refractivity contribution >= 4 is 15.9 Å². The maximum absolute atomic E-state index is 12.1. The molecule has 1 N–H and O–H groups in total. The van der Waals surface area contributed by atoms with Gasteiger partial charge in [0.2, 0.25) is 15.9 Å². The average molecular weight is 331 g/mol. The number of piperazine rings is 1. The quantitative estimate of drug-likeness (QED) is 0.803. The van der Waals surface area contributed by atoms with Crippen molar-refractivity contribution in [3.05, 3.63) is 0 Å². The van der Waals surface area contributed by atoms with Crippen LogP contribution in [0, 0.1) is 5.92 Å². The zero-order chi connectivity index (χ0) is 16.2. The summed E-state index contributed by atoms with van der Waals surface area (Å²) in [6.45, 7) is 6.56. The Morgan fingerprint density at radius 2 is 1.68 bits per heavy atom. The van der Waals surface area contributed by atoms with Gasteiger partial charge in [-0.3, -0.25) is 9.69 Å². The second-order valence-corrected chi connectivity index (χ2v) is 8.86. The van der Waals surface area contributed by atoms with Crippen LogP contribution in [0.5, 0.6) is 0 Å². The van der Waals surface area contributed by atoms with E-state index in [-0.39, 0.29) is 11.7 Å². The molecule has 0 aromatic carbocycles. The van der Waals surface area contributed by atoms with E-state index in [4.69, 9.17) is 0 Å². The van der Waals surface area contributed by atoms with Gasteiger partial charge in [-0.05, 0) is 38.5 Å². The maximum Gasteiger partial charge on any atom is 0.234 e. The second kappa shape index (κ2) is 7.75. The molecule has 2 fully saturated rings. The summed E-state index contributed by atoms with van der Waals surface area (Å²) in [5.41, 5.74) is 0. The lowest BCUT2D eigenvalue weighted by Gasteiger charge is -2.34. The van der Waals surface area contributed by atoms with Crippen LogP contribution in [0.4, 0.5) is 0 Å². The predicted octanol–water partition coefficient (Wildman–Crippen LogP) is 0.649. The van der Waals surface area contributed by atoms with E-state index in [1.165, 1.54) is 17.1 Å². The van der Waals surface area contributed by atoms with Crippen LogP contribution in [0.2, 0.25) is 0 Å². The Bertz CT molecular complexity index is 464. The van der Waals surface area contributed by atoms with Crippen molar-refractivity contribution in [3.63, 3.8) is 0 Å². The number of nitrogens with one attached hydrogen (secondary N) is 1. The number of sulfonamides is 1. The van der Waals surface area contributed by atoms with Gasteiger partial charge in [0.25, 0.3) is 0 Å². The molecule has 0 unspecified atom stereocenters. The molecule has 1 saturated heterocycles. The molecule has 2 rings (SSSR count). The first-order valence-corrected chi connectivity index (χ1v) is 10.0. The van der Waals surface area contributed by atoms with Gasteiger partial charge in [0.1, 0.15) is 0 Å². The van der Waals surface area contributed by atoms with Gasteiger partial charge >= 0.3 is 0 Å². The number of rotatable bonds is 5. The van der Waals surface area contributed by atoms with Crippen molar-refractivity contribution < 1.29 is 13.2 Å². The molecule has 0 atom stereocenters. The fourth-order valence-corrected chi connectivity index (χ4v) is 4.31. The highest BCUT2D eigenvalue weighted by molar-refractivity contribution is 7.89. The summed E-state index contributed by atoms with van der Waals surface area (Å²) in [5.74, 6) is 1.00. The Kier molecular flexibility index (Phi) is 6.23. The fraction of sp³-hybridized carbons (Fsp3) is 0.933. The largest absolute Gasteiger partial charge is 0.352 e. The van der Waals surface area contributed by atoms with Crippen molar-refractivity contribution in [2.24, 2.45) is 5.92 Å². The van der Waals surface area contributed by atoms with Gasteiger partial charge in [0.15, 0.2) is 0 Å². The standard InChI is InChI=1S/C15H29N3O3S/c1-3-22(20,21)18-10-8-17(9-11-18)12-15(19)16-14-6-4-13(2)5-7-14/h13-14H,3-12H2,1-2H3,(H,16,19). The summed E-state index contributed by atoms with van der Waals surface area (Å²) in [6, 6.07) is 0.324. The smallest absolute Gasteiger partial charge is 0.234 e. The lowest BCUT2D eigenvalue weighted by molar-refractivity contribution is -0.123. The Morgan fingerprint density at radius 1 is 1.09 bits per heavy atom. The molecule has 2 aliphatic rings. The molecule has 1 aliphatic heterocycles. The molecule has 1 heterocycles. The van der Waals surface area contributed by atoms with E-state index in [1.54, 1.807) is 6.92 Å². The monoisotopic (exact) mass is 331 g/mol. The fourth-order valence-electron chi connectivity index (χ4n) is 3.23. The first kappa shape index (κ1) is 17.7. The third kappa shape index (κ3) is 4.93. The summed E-state index contributed by atoms with van der Waals surface area (Å²) in [5, 5.41) is 3.13. The van der Waals surface area contributed by atoms with E-state index >= 15 is 0 Å². The summed E-state index contributed by atoms with van der Waals surface area (Å²) in [6.07, 6.45) is 4.54. The molecular weight excluding hydrogens is 302 g/mol. The number of hydrogen-bond donors (Lipinski definition) is 1. The molecule has 7 heteroatoms. The van der Waals surface area contributed by atoms with E-state index in [0.29, 0.717) is 38.8 Å². The van der Waals surface area contributed by atoms with Crippen LogP contribution in [0.25, 0.3) is 0 Å². The molecule has 22 heavy (non-hydrogen) atoms. The molecule has 0 spiro atoms. The molecule has 0 aromatic heterocycles. The van der Waals surface area contributed by atoms with Crippen molar-refractivity contribution in [1.29, 1.82) is 0 Å². The van der Waals surface area contributed by atoms with Crippen molar-refractivity contribution in [3.8, 4) is 0 Å². The van der Waals surface area contributed by atoms with Gasteiger partial charge in [-0.15, -0.1) is 0 Å². The topological polar surface area (TPSA) is 69.7 Å². The summed E-state index contributed by atoms with van der Waals surface area (Å²) < 4.78 is 25.1. The van der Waals surface area contributed by atoms with Crippen LogP contribution in [0.3, 0.4) is 0 Å². The zero-order valence-electron chi connectivity index (χ0n) is 13.8. The van der Waals surface area contributed by atoms with Gasteiger partial charge in [-0.1, -0.05) is 6.92 Å². The highest BCUT2D eigenvalue weighted by Crippen LogP contribution is 2.23. The van der Waals surface area contributed by atoms with Crippen LogP contribution in [-0.4, -0.2) is 68.0 Å². The van der Waals surface area contributed by atoms with Gasteiger partial charge in [0, 0.05) is 32.2 Å². The third-order valence-electron chi connectivity index (χ3n) is 4.84. The van der Waals surface area contributed by atoms with Crippen LogP contribution < -0.4 is 5.32 Å². The highest BCUT2D eigenvalue weighted by atomic mass is 32.2. The van der Waals surface area contributed by atoms with E-state index in [0.717, 1.165) is 18.8 Å². The lowest BCUT2D eigenvalue weighted by Crippen LogP contribution is -2.52. The Labute approximate surface area is 134 Å². The highest BCUT2D eigenvalue weighted by Gasteiger charge is 2.27. The van der Waals surface area contributed by atoms with Crippen LogP contribution in [0.1, 0.15) is 39.5 Å². The normalized spacial score (nSPS) is 28.5. The molecule has 0 bridgehead atoms. The predicted molar refractivity (Wildman–Crippen MR) is 87.0 cm³/mol. The van der Waals surface area contributed by atoms with Gasteiger partial charge < -0.3 is 5.32 Å². The van der Waals surface area contributed by atoms with Crippen molar-refractivity contribution in [2.75, 3.05) is 38.5 Å². The Hall–Kier alpha value is -0.660. The Morgan fingerprint density at radius 3 is 2.23 bits per heavy atom. The summed E-state index contributed by atoms with van der Waals surface area (Å²) in [7, 11) is -3.09. The molecule has 1 saturated carbocycles. The first-order valence-electron chi connectivity index (χ1n) is 8.40. The SMILES string of the molecule is CCS(=O)(=O)N1CCN(CC(=O)NC2CCC(C)CC2)CC1. The molecule has 1 amide bonds. The van der Waals surface area contributed by atoms with Crippen LogP contribution >= 0.6 is 0 Å². The first-order chi connectivity index (χ1) is 10.4. The molecular formula is C15H29N3O3S. The number of carbonyl (C=O) groups excluding carboxylic acids is 1. The minimum absolute atomic E-state index is 0.0753. The van der Waals surface area contributed by atoms with E-state index in [9.17, 15) is 13.2 Å². The third-order valence-corrected chi connectivity index (χ3v) is 6.72. The average Bonchev–Trinajstić information content (AvgIpc) is 2.50. The number of hydrogen-bond acceptors (Lipinski definition) is 4.